The van der Waals surface area contributed by atoms with Crippen molar-refractivity contribution in [2.75, 3.05) is 0 Å². The molecule has 0 aromatic rings. The van der Waals surface area contributed by atoms with Crippen molar-refractivity contribution in [3.05, 3.63) is 0 Å². The van der Waals surface area contributed by atoms with Gasteiger partial charge in [-0.25, -0.2) is 0 Å². The second-order valence-electron chi connectivity index (χ2n) is 4.36. The molecule has 11 heteroatoms. The van der Waals surface area contributed by atoms with E-state index in [2.05, 4.69) is 5.32 Å². The van der Waals surface area contributed by atoms with Crippen LogP contribution in [0.25, 0.3) is 0 Å². The summed E-state index contributed by atoms with van der Waals surface area (Å²) in [6.07, 6.45) is 5.05. The fraction of sp³-hybridized carbons (Fsp3) is 1.00. The quantitative estimate of drug-likeness (QED) is 0.265. The Bertz CT molecular complexity index is 316. The molecule has 0 spiro atoms. The van der Waals surface area contributed by atoms with Crippen LogP contribution in [0, 0.1) is 0 Å². The van der Waals surface area contributed by atoms with E-state index in [0.717, 1.165) is 25.7 Å². The Morgan fingerprint density at radius 3 is 1.63 bits per heavy atom. The minimum absolute atomic E-state index is 0. The van der Waals surface area contributed by atoms with Crippen molar-refractivity contribution >= 4 is 15.2 Å². The molecule has 0 heterocycles. The van der Waals surface area contributed by atoms with Gasteiger partial charge in [-0.1, -0.05) is 25.7 Å². The van der Waals surface area contributed by atoms with E-state index in [1.165, 1.54) is 0 Å². The molecule has 1 aliphatic carbocycles. The smallest absolute Gasteiger partial charge is 0.777 e. The van der Waals surface area contributed by atoms with Crippen LogP contribution in [0.1, 0.15) is 38.5 Å². The molecule has 19 heavy (non-hydrogen) atoms. The second kappa shape index (κ2) is 10.1. The Balaban J connectivity index is 0. The maximum atomic E-state index is 10.9. The van der Waals surface area contributed by atoms with E-state index in [0.29, 0.717) is 12.8 Å². The maximum Gasteiger partial charge on any atom is 1.00 e. The van der Waals surface area contributed by atoms with E-state index in [1.54, 1.807) is 0 Å². The second-order valence-corrected chi connectivity index (χ2v) is 8.05. The van der Waals surface area contributed by atoms with Crippen LogP contribution in [0.15, 0.2) is 0 Å². The van der Waals surface area contributed by atoms with Gasteiger partial charge in [-0.2, -0.15) is 0 Å². The molecular weight excluding hydrogens is 314 g/mol. The molecule has 1 aliphatic rings. The number of hydrogen-bond donors (Lipinski definition) is 3. The zero-order chi connectivity index (χ0) is 13.1. The third-order valence-electron chi connectivity index (χ3n) is 2.86. The maximum absolute atomic E-state index is 10.9. The summed E-state index contributed by atoms with van der Waals surface area (Å²) in [5.74, 6) is 0. The predicted molar refractivity (Wildman–Crippen MR) is 58.1 cm³/mol. The summed E-state index contributed by atoms with van der Waals surface area (Å²) in [4.78, 5) is 39.5. The fourth-order valence-corrected chi connectivity index (χ4v) is 4.30. The van der Waals surface area contributed by atoms with Crippen molar-refractivity contribution in [3.8, 4) is 0 Å². The first-order valence-corrected chi connectivity index (χ1v) is 8.83. The Hall–Kier alpha value is 2.26. The van der Waals surface area contributed by atoms with Crippen molar-refractivity contribution < 1.29 is 87.8 Å². The van der Waals surface area contributed by atoms with Crippen LogP contribution in [0.2, 0.25) is 0 Å². The number of nitrogens with one attached hydrogen (secondary N) is 1. The molecule has 1 saturated carbocycles. The Labute approximate surface area is 157 Å². The molecule has 0 radical (unpaired) electrons. The van der Waals surface area contributed by atoms with E-state index < -0.39 is 20.7 Å². The average Bonchev–Trinajstić information content (AvgIpc) is 2.38. The van der Waals surface area contributed by atoms with Crippen LogP contribution in [-0.4, -0.2) is 21.4 Å². The monoisotopic (exact) mass is 331 g/mol. The van der Waals surface area contributed by atoms with E-state index >= 15 is 0 Å². The van der Waals surface area contributed by atoms with Gasteiger partial charge in [0.25, 0.3) is 0 Å². The summed E-state index contributed by atoms with van der Waals surface area (Å²) in [5, 5.41) is 2.32. The van der Waals surface area contributed by atoms with Gasteiger partial charge in [-0.15, -0.1) is 0 Å². The van der Waals surface area contributed by atoms with Crippen LogP contribution >= 0.6 is 15.2 Å². The SMILES string of the molecule is O=P([O-])(O)C(NC1CCCCCC1)P(=O)([O-])O.[Na+].[Na+]. The summed E-state index contributed by atoms with van der Waals surface area (Å²) >= 11 is 0. The van der Waals surface area contributed by atoms with Crippen LogP contribution < -0.4 is 74.2 Å². The van der Waals surface area contributed by atoms with E-state index in [9.17, 15) is 18.9 Å². The minimum atomic E-state index is -5.16. The van der Waals surface area contributed by atoms with Gasteiger partial charge in [-0.05, 0) is 12.8 Å². The summed E-state index contributed by atoms with van der Waals surface area (Å²) in [6.45, 7) is 0. The summed E-state index contributed by atoms with van der Waals surface area (Å²) in [5.41, 5.74) is -2.29. The Morgan fingerprint density at radius 1 is 0.947 bits per heavy atom. The molecule has 0 aliphatic heterocycles. The molecule has 3 N–H and O–H groups in total. The largest absolute Gasteiger partial charge is 1.00 e. The number of rotatable bonds is 4. The molecule has 1 rings (SSSR count). The minimum Gasteiger partial charge on any atom is -0.777 e. The molecule has 2 atom stereocenters. The normalized spacial score (nSPS) is 24.8. The first-order valence-electron chi connectivity index (χ1n) is 5.54. The first-order chi connectivity index (χ1) is 7.71. The van der Waals surface area contributed by atoms with Gasteiger partial charge in [0.05, 0.1) is 0 Å². The standard InChI is InChI=1S/C8H19NO6P2.2Na/c10-16(11,12)8(17(13,14)15)9-7-5-3-1-2-4-6-7;;/h7-9H,1-6H2,(H2,10,11,12)(H2,13,14,15);;/q;2*+1/p-2. The molecule has 1 fully saturated rings. The first kappa shape index (κ1) is 23.5. The third-order valence-corrected chi connectivity index (χ3v) is 6.14. The summed E-state index contributed by atoms with van der Waals surface area (Å²) < 4.78 is 21.9. The molecule has 0 bridgehead atoms. The van der Waals surface area contributed by atoms with Gasteiger partial charge in [0.1, 0.15) is 5.52 Å². The third kappa shape index (κ3) is 9.09. The molecule has 0 aromatic carbocycles. The molecule has 7 nitrogen and oxygen atoms in total. The zero-order valence-electron chi connectivity index (χ0n) is 11.3. The van der Waals surface area contributed by atoms with Crippen molar-refractivity contribution in [1.82, 2.24) is 5.32 Å². The van der Waals surface area contributed by atoms with Crippen molar-refractivity contribution in [2.24, 2.45) is 0 Å². The van der Waals surface area contributed by atoms with Gasteiger partial charge < -0.3 is 28.7 Å². The predicted octanol–water partition coefficient (Wildman–Crippen LogP) is -6.32. The van der Waals surface area contributed by atoms with Crippen molar-refractivity contribution in [3.63, 3.8) is 0 Å². The van der Waals surface area contributed by atoms with Crippen molar-refractivity contribution in [1.29, 1.82) is 0 Å². The molecule has 102 valence electrons. The Morgan fingerprint density at radius 2 is 1.32 bits per heavy atom. The van der Waals surface area contributed by atoms with Gasteiger partial charge in [0.2, 0.25) is 0 Å². The molecule has 0 aromatic heterocycles. The Kier molecular flexibility index (Phi) is 12.5. The van der Waals surface area contributed by atoms with Gasteiger partial charge in [-0.3, -0.25) is 5.32 Å². The number of hydrogen-bond acceptors (Lipinski definition) is 5. The summed E-state index contributed by atoms with van der Waals surface area (Å²) in [6, 6.07) is -0.314. The topological polar surface area (TPSA) is 133 Å². The average molecular weight is 331 g/mol. The zero-order valence-corrected chi connectivity index (χ0v) is 17.1. The van der Waals surface area contributed by atoms with Crippen molar-refractivity contribution in [2.45, 2.75) is 50.1 Å². The van der Waals surface area contributed by atoms with Crippen LogP contribution in [0.3, 0.4) is 0 Å². The van der Waals surface area contributed by atoms with Gasteiger partial charge in [0, 0.05) is 6.04 Å². The van der Waals surface area contributed by atoms with Gasteiger partial charge in [0.15, 0.2) is 15.2 Å². The molecule has 0 amide bonds. The molecule has 0 saturated heterocycles. The fourth-order valence-electron chi connectivity index (χ4n) is 2.03. The van der Waals surface area contributed by atoms with Crippen LogP contribution in [-0.2, 0) is 9.13 Å². The molecular formula is C8H17NNa2O6P2. The van der Waals surface area contributed by atoms with Crippen LogP contribution in [0.5, 0.6) is 0 Å². The van der Waals surface area contributed by atoms with E-state index in [-0.39, 0.29) is 65.2 Å². The molecule has 2 unspecified atom stereocenters. The van der Waals surface area contributed by atoms with E-state index in [1.807, 2.05) is 0 Å². The van der Waals surface area contributed by atoms with Gasteiger partial charge >= 0.3 is 59.1 Å². The summed E-state index contributed by atoms with van der Waals surface area (Å²) in [7, 11) is -10.3. The van der Waals surface area contributed by atoms with E-state index in [4.69, 9.17) is 9.79 Å². The van der Waals surface area contributed by atoms with Crippen LogP contribution in [0.4, 0.5) is 0 Å².